The zero-order valence-electron chi connectivity index (χ0n) is 11.0. The molecule has 0 aliphatic heterocycles. The van der Waals surface area contributed by atoms with Crippen molar-refractivity contribution < 1.29 is 14.4 Å². The highest BCUT2D eigenvalue weighted by molar-refractivity contribution is 9.10. The molecule has 0 amide bonds. The average molecular weight is 417 g/mol. The van der Waals surface area contributed by atoms with E-state index >= 15 is 0 Å². The molecular weight excluding hydrogens is 406 g/mol. The van der Waals surface area contributed by atoms with Gasteiger partial charge in [-0.05, 0) is 18.2 Å². The molecule has 0 bridgehead atoms. The van der Waals surface area contributed by atoms with E-state index in [9.17, 15) is 10.1 Å². The van der Waals surface area contributed by atoms with E-state index in [1.54, 1.807) is 0 Å². The molecule has 0 fully saturated rings. The lowest BCUT2D eigenvalue weighted by molar-refractivity contribution is -0.384. The number of nitrogens with zero attached hydrogens (tertiary/aromatic N) is 1. The fourth-order valence-corrected chi connectivity index (χ4v) is 2.51. The molecule has 2 aromatic rings. The molecule has 0 heterocycles. The lowest BCUT2D eigenvalue weighted by atomic mass is 10.2. The fraction of sp³-hybridized carbons (Fsp3) is 0.143. The second-order valence-corrected chi connectivity index (χ2v) is 5.56. The van der Waals surface area contributed by atoms with E-state index in [1.807, 2.05) is 18.2 Å². The van der Waals surface area contributed by atoms with Crippen LogP contribution in [0.2, 0.25) is 0 Å². The van der Waals surface area contributed by atoms with E-state index in [2.05, 4.69) is 31.9 Å². The topological polar surface area (TPSA) is 61.6 Å². The quantitative estimate of drug-likeness (QED) is 0.388. The third-order valence-corrected chi connectivity index (χ3v) is 3.85. The summed E-state index contributed by atoms with van der Waals surface area (Å²) in [5.41, 5.74) is 0.910. The van der Waals surface area contributed by atoms with E-state index in [-0.39, 0.29) is 5.69 Å². The molecule has 5 nitrogen and oxygen atoms in total. The number of nitro groups is 1. The van der Waals surface area contributed by atoms with Gasteiger partial charge in [-0.1, -0.05) is 37.9 Å². The van der Waals surface area contributed by atoms with Crippen LogP contribution >= 0.6 is 31.9 Å². The third-order valence-electron chi connectivity index (χ3n) is 2.75. The van der Waals surface area contributed by atoms with Crippen molar-refractivity contribution in [1.29, 1.82) is 0 Å². The van der Waals surface area contributed by atoms with Crippen molar-refractivity contribution in [2.75, 3.05) is 7.11 Å². The first-order valence-corrected chi connectivity index (χ1v) is 7.81. The van der Waals surface area contributed by atoms with Crippen LogP contribution < -0.4 is 9.47 Å². The van der Waals surface area contributed by atoms with Crippen LogP contribution in [-0.2, 0) is 5.33 Å². The molecule has 0 spiro atoms. The van der Waals surface area contributed by atoms with Gasteiger partial charge in [-0.2, -0.15) is 0 Å². The van der Waals surface area contributed by atoms with Crippen LogP contribution in [0.25, 0.3) is 0 Å². The van der Waals surface area contributed by atoms with E-state index in [0.29, 0.717) is 22.6 Å². The van der Waals surface area contributed by atoms with Crippen molar-refractivity contribution in [2.45, 2.75) is 5.33 Å². The fourth-order valence-electron chi connectivity index (χ4n) is 1.71. The van der Waals surface area contributed by atoms with Crippen molar-refractivity contribution in [3.05, 3.63) is 56.5 Å². The highest BCUT2D eigenvalue weighted by Gasteiger charge is 2.14. The van der Waals surface area contributed by atoms with Crippen LogP contribution in [0.1, 0.15) is 5.56 Å². The minimum atomic E-state index is -0.477. The molecule has 110 valence electrons. The number of halogens is 2. The van der Waals surface area contributed by atoms with E-state index in [1.165, 1.54) is 25.3 Å². The molecule has 0 unspecified atom stereocenters. The van der Waals surface area contributed by atoms with Gasteiger partial charge < -0.3 is 9.47 Å². The SMILES string of the molecule is COc1cc([N+](=O)[O-])ccc1Oc1cc(Br)ccc1CBr. The second-order valence-electron chi connectivity index (χ2n) is 4.08. The molecule has 0 saturated heterocycles. The smallest absolute Gasteiger partial charge is 0.273 e. The minimum Gasteiger partial charge on any atom is -0.493 e. The first-order chi connectivity index (χ1) is 10.0. The molecule has 2 aromatic carbocycles. The lowest BCUT2D eigenvalue weighted by Crippen LogP contribution is -1.95. The van der Waals surface area contributed by atoms with Gasteiger partial charge in [-0.15, -0.1) is 0 Å². The zero-order chi connectivity index (χ0) is 15.4. The van der Waals surface area contributed by atoms with Gasteiger partial charge in [0.15, 0.2) is 11.5 Å². The summed E-state index contributed by atoms with van der Waals surface area (Å²) >= 11 is 6.79. The number of methoxy groups -OCH3 is 1. The average Bonchev–Trinajstić information content (AvgIpc) is 2.47. The Morgan fingerprint density at radius 3 is 2.52 bits per heavy atom. The number of benzene rings is 2. The van der Waals surface area contributed by atoms with Gasteiger partial charge in [0.25, 0.3) is 5.69 Å². The Labute approximate surface area is 138 Å². The summed E-state index contributed by atoms with van der Waals surface area (Å²) in [6.45, 7) is 0. The molecule has 0 atom stereocenters. The second kappa shape index (κ2) is 6.91. The number of nitro benzene ring substituents is 1. The van der Waals surface area contributed by atoms with Gasteiger partial charge in [0.2, 0.25) is 0 Å². The maximum absolute atomic E-state index is 10.8. The van der Waals surface area contributed by atoms with Crippen LogP contribution in [0.15, 0.2) is 40.9 Å². The van der Waals surface area contributed by atoms with Crippen molar-refractivity contribution >= 4 is 37.5 Å². The third kappa shape index (κ3) is 3.74. The van der Waals surface area contributed by atoms with E-state index in [4.69, 9.17) is 9.47 Å². The van der Waals surface area contributed by atoms with Crippen LogP contribution in [0, 0.1) is 10.1 Å². The summed E-state index contributed by atoms with van der Waals surface area (Å²) in [6.07, 6.45) is 0. The summed E-state index contributed by atoms with van der Waals surface area (Å²) < 4.78 is 11.9. The lowest BCUT2D eigenvalue weighted by Gasteiger charge is -2.13. The maximum Gasteiger partial charge on any atom is 0.273 e. The molecule has 21 heavy (non-hydrogen) atoms. The summed E-state index contributed by atoms with van der Waals surface area (Å²) in [6, 6.07) is 9.90. The molecule has 0 aliphatic carbocycles. The predicted octanol–water partition coefficient (Wildman–Crippen LogP) is 5.05. The number of hydrogen-bond donors (Lipinski definition) is 0. The number of hydrogen-bond acceptors (Lipinski definition) is 4. The van der Waals surface area contributed by atoms with Crippen LogP contribution in [0.3, 0.4) is 0 Å². The van der Waals surface area contributed by atoms with E-state index < -0.39 is 4.92 Å². The van der Waals surface area contributed by atoms with Gasteiger partial charge in [0, 0.05) is 21.4 Å². The highest BCUT2D eigenvalue weighted by Crippen LogP contribution is 2.37. The molecular formula is C14H11Br2NO4. The monoisotopic (exact) mass is 415 g/mol. The maximum atomic E-state index is 10.8. The Morgan fingerprint density at radius 1 is 1.14 bits per heavy atom. The van der Waals surface area contributed by atoms with Gasteiger partial charge >= 0.3 is 0 Å². The van der Waals surface area contributed by atoms with Gasteiger partial charge in [-0.3, -0.25) is 10.1 Å². The minimum absolute atomic E-state index is 0.0471. The van der Waals surface area contributed by atoms with Crippen LogP contribution in [0.5, 0.6) is 17.2 Å². The number of rotatable bonds is 5. The summed E-state index contributed by atoms with van der Waals surface area (Å²) in [5, 5.41) is 11.4. The number of non-ortho nitro benzene ring substituents is 1. The molecule has 0 aromatic heterocycles. The van der Waals surface area contributed by atoms with Gasteiger partial charge in [0.1, 0.15) is 5.75 Å². The van der Waals surface area contributed by atoms with E-state index in [0.717, 1.165) is 10.0 Å². The molecule has 2 rings (SSSR count). The normalized spacial score (nSPS) is 10.2. The Hall–Kier alpha value is -1.60. The van der Waals surface area contributed by atoms with Crippen molar-refractivity contribution in [2.24, 2.45) is 0 Å². The van der Waals surface area contributed by atoms with Crippen molar-refractivity contribution in [1.82, 2.24) is 0 Å². The standard InChI is InChI=1S/C14H11Br2NO4/c1-20-14-7-11(17(18)19)4-5-12(14)21-13-6-10(16)3-2-9(13)8-15/h2-7H,8H2,1H3. The van der Waals surface area contributed by atoms with Gasteiger partial charge in [0.05, 0.1) is 18.1 Å². The predicted molar refractivity (Wildman–Crippen MR) is 86.5 cm³/mol. The Morgan fingerprint density at radius 2 is 1.90 bits per heavy atom. The Kier molecular flexibility index (Phi) is 5.19. The highest BCUT2D eigenvalue weighted by atomic mass is 79.9. The summed E-state index contributed by atoms with van der Waals surface area (Å²) in [5.74, 6) is 1.38. The molecule has 0 aliphatic rings. The molecule has 7 heteroatoms. The Bertz CT molecular complexity index is 676. The van der Waals surface area contributed by atoms with Crippen LogP contribution in [0.4, 0.5) is 5.69 Å². The first kappa shape index (κ1) is 15.8. The van der Waals surface area contributed by atoms with Gasteiger partial charge in [-0.25, -0.2) is 0 Å². The molecule has 0 N–H and O–H groups in total. The number of ether oxygens (including phenoxy) is 2. The van der Waals surface area contributed by atoms with Crippen LogP contribution in [-0.4, -0.2) is 12.0 Å². The summed E-state index contributed by atoms with van der Waals surface area (Å²) in [4.78, 5) is 10.3. The zero-order valence-corrected chi connectivity index (χ0v) is 14.2. The Balaban J connectivity index is 2.39. The van der Waals surface area contributed by atoms with Crippen molar-refractivity contribution in [3.8, 4) is 17.2 Å². The van der Waals surface area contributed by atoms with Crippen molar-refractivity contribution in [3.63, 3.8) is 0 Å². The first-order valence-electron chi connectivity index (χ1n) is 5.90. The molecule has 0 saturated carbocycles. The summed E-state index contributed by atoms with van der Waals surface area (Å²) in [7, 11) is 1.44. The largest absolute Gasteiger partial charge is 0.493 e. The molecule has 0 radical (unpaired) electrons. The number of alkyl halides is 1.